The topological polar surface area (TPSA) is 65.4 Å². The molecule has 0 fully saturated rings. The van der Waals surface area contributed by atoms with Crippen LogP contribution >= 0.6 is 0 Å². The zero-order valence-corrected chi connectivity index (χ0v) is 14.4. The molecule has 0 amide bonds. The molecule has 2 aromatic carbocycles. The minimum atomic E-state index is -3.52. The highest BCUT2D eigenvalue weighted by Gasteiger charge is 2.18. The summed E-state index contributed by atoms with van der Waals surface area (Å²) in [5.74, 6) is 0. The van der Waals surface area contributed by atoms with Gasteiger partial charge in [-0.2, -0.15) is 0 Å². The Labute approximate surface area is 141 Å². The van der Waals surface area contributed by atoms with Gasteiger partial charge in [0.05, 0.1) is 17.0 Å². The van der Waals surface area contributed by atoms with Crippen molar-refractivity contribution < 1.29 is 17.9 Å². The lowest BCUT2D eigenvalue weighted by molar-refractivity contribution is -0.128. The third kappa shape index (κ3) is 3.83. The van der Waals surface area contributed by atoms with Gasteiger partial charge in [-0.05, 0) is 38.1 Å². The van der Waals surface area contributed by atoms with E-state index in [1.807, 2.05) is 25.1 Å². The van der Waals surface area contributed by atoms with Gasteiger partial charge >= 0.3 is 0 Å². The number of benzene rings is 2. The van der Waals surface area contributed by atoms with Crippen molar-refractivity contribution in [3.63, 3.8) is 0 Å². The molecule has 6 heteroatoms. The minimum absolute atomic E-state index is 0.305. The molecule has 0 radical (unpaired) electrons. The lowest BCUT2D eigenvalue weighted by atomic mass is 10.2. The average molecular weight is 345 g/mol. The van der Waals surface area contributed by atoms with E-state index in [9.17, 15) is 13.2 Å². The van der Waals surface area contributed by atoms with E-state index in [0.29, 0.717) is 23.5 Å². The second kappa shape index (κ2) is 7.79. The Balaban J connectivity index is 0.000000368. The largest absolute Gasteiger partial charge is 0.468 e. The van der Waals surface area contributed by atoms with Crippen LogP contribution in [0.3, 0.4) is 0 Å². The normalized spacial score (nSPS) is 10.8. The lowest BCUT2D eigenvalue weighted by Crippen LogP contribution is -2.11. The standard InChI is InChI=1S/C15H13NO2S.C3H6O2/c1-12-6-8-14(9-7-12)19(17,18)16-11-10-13-4-2-3-5-15(13)16;1-2-5-3-4/h2-11H,1H3;3H,2H2,1H3. The minimum Gasteiger partial charge on any atom is -0.468 e. The maximum atomic E-state index is 12.6. The molecule has 0 atom stereocenters. The van der Waals surface area contributed by atoms with Crippen molar-refractivity contribution in [3.05, 3.63) is 66.4 Å². The molecule has 0 bridgehead atoms. The monoisotopic (exact) mass is 345 g/mol. The molecule has 1 heterocycles. The fraction of sp³-hybridized carbons (Fsp3) is 0.167. The second-order valence-corrected chi connectivity index (χ2v) is 6.85. The highest BCUT2D eigenvalue weighted by Crippen LogP contribution is 2.22. The Bertz CT molecular complexity index is 912. The zero-order valence-electron chi connectivity index (χ0n) is 13.5. The van der Waals surface area contributed by atoms with Crippen LogP contribution in [0.1, 0.15) is 12.5 Å². The Morgan fingerprint density at radius 3 is 2.29 bits per heavy atom. The van der Waals surface area contributed by atoms with Gasteiger partial charge in [0.25, 0.3) is 16.5 Å². The highest BCUT2D eigenvalue weighted by molar-refractivity contribution is 7.90. The van der Waals surface area contributed by atoms with Crippen LogP contribution in [-0.4, -0.2) is 25.5 Å². The average Bonchev–Trinajstić information content (AvgIpc) is 3.01. The number of aryl methyl sites for hydroxylation is 1. The van der Waals surface area contributed by atoms with Gasteiger partial charge in [0.2, 0.25) is 0 Å². The number of hydrogen-bond donors (Lipinski definition) is 0. The summed E-state index contributed by atoms with van der Waals surface area (Å²) < 4.78 is 30.6. The van der Waals surface area contributed by atoms with Gasteiger partial charge in [-0.1, -0.05) is 35.9 Å². The molecular weight excluding hydrogens is 326 g/mol. The van der Waals surface area contributed by atoms with Crippen molar-refractivity contribution in [2.45, 2.75) is 18.7 Å². The first-order valence-electron chi connectivity index (χ1n) is 7.44. The maximum Gasteiger partial charge on any atom is 0.293 e. The van der Waals surface area contributed by atoms with Crippen molar-refractivity contribution in [2.75, 3.05) is 6.61 Å². The molecule has 1 aromatic heterocycles. The predicted octanol–water partition coefficient (Wildman–Crippen LogP) is 3.37. The first-order chi connectivity index (χ1) is 11.5. The summed E-state index contributed by atoms with van der Waals surface area (Å²) in [5.41, 5.74) is 1.74. The Hall–Kier alpha value is -2.60. The van der Waals surface area contributed by atoms with Crippen molar-refractivity contribution in [2.24, 2.45) is 0 Å². The van der Waals surface area contributed by atoms with E-state index in [0.717, 1.165) is 10.9 Å². The molecule has 0 aliphatic rings. The van der Waals surface area contributed by atoms with E-state index in [1.165, 1.54) is 3.97 Å². The molecule has 5 nitrogen and oxygen atoms in total. The predicted molar refractivity (Wildman–Crippen MR) is 93.4 cm³/mol. The maximum absolute atomic E-state index is 12.6. The Morgan fingerprint density at radius 1 is 1.04 bits per heavy atom. The van der Waals surface area contributed by atoms with E-state index in [2.05, 4.69) is 4.74 Å². The first kappa shape index (κ1) is 17.7. The number of para-hydroxylation sites is 1. The Morgan fingerprint density at radius 2 is 1.71 bits per heavy atom. The number of aromatic nitrogens is 1. The SMILES string of the molecule is CCOC=O.Cc1ccc(S(=O)(=O)n2ccc3ccccc32)cc1. The van der Waals surface area contributed by atoms with Crippen LogP contribution in [0.4, 0.5) is 0 Å². The van der Waals surface area contributed by atoms with E-state index in [1.54, 1.807) is 49.5 Å². The number of nitrogens with zero attached hydrogens (tertiary/aromatic N) is 1. The molecular formula is C18H19NO4S. The van der Waals surface area contributed by atoms with Crippen molar-refractivity contribution in [3.8, 4) is 0 Å². The second-order valence-electron chi connectivity index (χ2n) is 5.04. The molecule has 0 saturated carbocycles. The summed E-state index contributed by atoms with van der Waals surface area (Å²) in [6.45, 7) is 4.60. The number of fused-ring (bicyclic) bond motifs is 1. The summed E-state index contributed by atoms with van der Waals surface area (Å²) >= 11 is 0. The molecule has 0 spiro atoms. The molecule has 126 valence electrons. The molecule has 0 N–H and O–H groups in total. The first-order valence-corrected chi connectivity index (χ1v) is 8.88. The van der Waals surface area contributed by atoms with Crippen molar-refractivity contribution >= 4 is 27.4 Å². The van der Waals surface area contributed by atoms with Crippen LogP contribution in [0.5, 0.6) is 0 Å². The van der Waals surface area contributed by atoms with E-state index < -0.39 is 10.0 Å². The van der Waals surface area contributed by atoms with Gasteiger partial charge < -0.3 is 4.74 Å². The van der Waals surface area contributed by atoms with Gasteiger partial charge in [0.15, 0.2) is 0 Å². The van der Waals surface area contributed by atoms with Gasteiger partial charge in [0.1, 0.15) is 0 Å². The van der Waals surface area contributed by atoms with E-state index in [-0.39, 0.29) is 0 Å². The van der Waals surface area contributed by atoms with Crippen LogP contribution in [-0.2, 0) is 19.6 Å². The van der Waals surface area contributed by atoms with Crippen LogP contribution in [0, 0.1) is 6.92 Å². The van der Waals surface area contributed by atoms with Crippen LogP contribution < -0.4 is 0 Å². The number of hydrogen-bond acceptors (Lipinski definition) is 4. The number of rotatable bonds is 4. The molecule has 0 saturated heterocycles. The molecule has 0 unspecified atom stereocenters. The Kier molecular flexibility index (Phi) is 5.76. The zero-order chi connectivity index (χ0) is 17.6. The van der Waals surface area contributed by atoms with Crippen molar-refractivity contribution in [1.29, 1.82) is 0 Å². The van der Waals surface area contributed by atoms with Gasteiger partial charge in [-0.25, -0.2) is 12.4 Å². The van der Waals surface area contributed by atoms with Gasteiger partial charge in [-0.15, -0.1) is 0 Å². The summed E-state index contributed by atoms with van der Waals surface area (Å²) in [5, 5.41) is 0.915. The van der Waals surface area contributed by atoms with Crippen molar-refractivity contribution in [1.82, 2.24) is 3.97 Å². The summed E-state index contributed by atoms with van der Waals surface area (Å²) in [6.07, 6.45) is 1.60. The quantitative estimate of drug-likeness (QED) is 0.680. The van der Waals surface area contributed by atoms with Gasteiger partial charge in [0, 0.05) is 11.6 Å². The lowest BCUT2D eigenvalue weighted by Gasteiger charge is -2.07. The van der Waals surface area contributed by atoms with E-state index in [4.69, 9.17) is 0 Å². The fourth-order valence-electron chi connectivity index (χ4n) is 2.16. The van der Waals surface area contributed by atoms with Crippen LogP contribution in [0.2, 0.25) is 0 Å². The van der Waals surface area contributed by atoms with Crippen LogP contribution in [0.15, 0.2) is 65.7 Å². The number of carbonyl (C=O) groups is 1. The highest BCUT2D eigenvalue weighted by atomic mass is 32.2. The fourth-order valence-corrected chi connectivity index (χ4v) is 3.51. The smallest absolute Gasteiger partial charge is 0.293 e. The number of ether oxygens (including phenoxy) is 1. The summed E-state index contributed by atoms with van der Waals surface area (Å²) in [6, 6.07) is 16.1. The molecule has 0 aliphatic heterocycles. The van der Waals surface area contributed by atoms with Crippen LogP contribution in [0.25, 0.3) is 10.9 Å². The van der Waals surface area contributed by atoms with Gasteiger partial charge in [-0.3, -0.25) is 4.79 Å². The molecule has 3 rings (SSSR count). The third-order valence-corrected chi connectivity index (χ3v) is 5.08. The summed E-state index contributed by atoms with van der Waals surface area (Å²) in [7, 11) is -3.52. The third-order valence-electron chi connectivity index (χ3n) is 3.38. The molecule has 3 aromatic rings. The van der Waals surface area contributed by atoms with E-state index >= 15 is 0 Å². The number of carbonyl (C=O) groups excluding carboxylic acids is 1. The molecule has 0 aliphatic carbocycles. The summed E-state index contributed by atoms with van der Waals surface area (Å²) in [4.78, 5) is 9.49. The molecule has 24 heavy (non-hydrogen) atoms.